The average molecular weight is 575 g/mol. The summed E-state index contributed by atoms with van der Waals surface area (Å²) in [6.45, 7) is 3.84. The minimum Gasteiger partial charge on any atom is -0.508 e. The predicted molar refractivity (Wildman–Crippen MR) is 148 cm³/mol. The number of carbonyl (C=O) groups is 4. The number of ether oxygens (including phenoxy) is 1. The molecule has 6 atom stereocenters. The van der Waals surface area contributed by atoms with Crippen LogP contribution in [-0.4, -0.2) is 101 Å². The number of phenols is 1. The monoisotopic (exact) mass is 574 g/mol. The summed E-state index contributed by atoms with van der Waals surface area (Å²) >= 11 is 0. The largest absolute Gasteiger partial charge is 0.508 e. The van der Waals surface area contributed by atoms with Gasteiger partial charge in [0.2, 0.25) is 5.91 Å². The van der Waals surface area contributed by atoms with E-state index in [0.29, 0.717) is 11.3 Å². The molecule has 1 fully saturated rings. The average Bonchev–Trinajstić information content (AvgIpc) is 2.85. The number of nitrogens with one attached hydrogen (secondary N) is 1. The van der Waals surface area contributed by atoms with Crippen LogP contribution in [0, 0.1) is 23.7 Å². The first kappa shape index (κ1) is 30.3. The molecule has 2 amide bonds. The van der Waals surface area contributed by atoms with E-state index in [2.05, 4.69) is 5.32 Å². The van der Waals surface area contributed by atoms with Crippen molar-refractivity contribution in [3.8, 4) is 5.75 Å². The van der Waals surface area contributed by atoms with Crippen LogP contribution in [0.4, 0.5) is 16.2 Å². The number of anilines is 2. The number of benzene rings is 1. The molecule has 7 N–H and O–H groups in total. The van der Waals surface area contributed by atoms with E-state index in [1.165, 1.54) is 6.07 Å². The topological polar surface area (TPSA) is 203 Å². The molecule has 0 aromatic heterocycles. The number of allylic oxidation sites excluding steroid dienone is 1. The number of nitrogens with two attached hydrogens (primary N) is 1. The number of aliphatic hydroxyl groups excluding tert-OH is 2. The van der Waals surface area contributed by atoms with Crippen molar-refractivity contribution in [1.82, 2.24) is 4.90 Å². The standard InChI is InChI=1S/C28H38N4O9/c1-11(2)10-41-27(39)30-15-9-16(31(3)4)13-7-12-8-14-20(32(5)6)23(35)19(26(29)38)25(37)28(14,40)24(36)17(12)22(34)18(13)21(15)33/h9,11-12,14,19-20,23,33,35-36,40H,7-8,10H2,1-6H3,(H2,29,38)(H,30,39)/t12-,14-,19?,20-,23?,28-/m0/s1. The van der Waals surface area contributed by atoms with E-state index in [9.17, 15) is 39.6 Å². The van der Waals surface area contributed by atoms with E-state index in [1.807, 2.05) is 13.8 Å². The zero-order valence-corrected chi connectivity index (χ0v) is 24.0. The van der Waals surface area contributed by atoms with Crippen molar-refractivity contribution in [2.24, 2.45) is 29.4 Å². The van der Waals surface area contributed by atoms with Gasteiger partial charge in [-0.1, -0.05) is 13.8 Å². The SMILES string of the molecule is CC(C)COC(=O)Nc1cc(N(C)C)c2c(c1O)C(=O)C1=C(O)[C@]3(O)C(=O)C(C(N)=O)C(O)[C@@H](N(C)C)[C@@H]3C[C@@H]1C2. The number of nitrogens with zero attached hydrogens (tertiary/aromatic N) is 2. The predicted octanol–water partition coefficient (Wildman–Crippen LogP) is 0.556. The fraction of sp³-hybridized carbons (Fsp3) is 0.571. The maximum absolute atomic E-state index is 14.0. The molecule has 0 saturated heterocycles. The zero-order chi connectivity index (χ0) is 30.7. The van der Waals surface area contributed by atoms with Gasteiger partial charge in [-0.05, 0) is 50.4 Å². The fourth-order valence-corrected chi connectivity index (χ4v) is 6.54. The second-order valence-electron chi connectivity index (χ2n) is 11.9. The first-order valence-corrected chi connectivity index (χ1v) is 13.4. The fourth-order valence-electron chi connectivity index (χ4n) is 6.54. The molecule has 41 heavy (non-hydrogen) atoms. The van der Waals surface area contributed by atoms with E-state index in [1.54, 1.807) is 38.0 Å². The summed E-state index contributed by atoms with van der Waals surface area (Å²) in [5.41, 5.74) is 3.13. The Balaban J connectivity index is 1.88. The van der Waals surface area contributed by atoms with Gasteiger partial charge in [0, 0.05) is 37.3 Å². The van der Waals surface area contributed by atoms with Crippen molar-refractivity contribution >= 4 is 34.9 Å². The van der Waals surface area contributed by atoms with Crippen molar-refractivity contribution < 1.29 is 44.3 Å². The molecular formula is C28H38N4O9. The van der Waals surface area contributed by atoms with Gasteiger partial charge in [0.15, 0.2) is 22.9 Å². The van der Waals surface area contributed by atoms with Crippen LogP contribution < -0.4 is 16.0 Å². The maximum atomic E-state index is 14.0. The molecule has 13 nitrogen and oxygen atoms in total. The Kier molecular flexibility index (Phi) is 7.84. The normalized spacial score (nSPS) is 29.2. The molecule has 0 bridgehead atoms. The first-order chi connectivity index (χ1) is 19.0. The molecule has 0 aliphatic heterocycles. The molecule has 13 heteroatoms. The lowest BCUT2D eigenvalue weighted by Crippen LogP contribution is -2.71. The van der Waals surface area contributed by atoms with E-state index >= 15 is 0 Å². The molecule has 4 rings (SSSR count). The number of aliphatic hydroxyl groups is 3. The Morgan fingerprint density at radius 1 is 1.20 bits per heavy atom. The number of carbonyl (C=O) groups excluding carboxylic acids is 4. The number of hydrogen-bond acceptors (Lipinski definition) is 11. The number of phenolic OH excluding ortho intramolecular Hbond substituents is 1. The van der Waals surface area contributed by atoms with Gasteiger partial charge in [-0.25, -0.2) is 4.79 Å². The van der Waals surface area contributed by atoms with Crippen LogP contribution >= 0.6 is 0 Å². The van der Waals surface area contributed by atoms with E-state index in [-0.39, 0.29) is 42.2 Å². The Bertz CT molecular complexity index is 1340. The van der Waals surface area contributed by atoms with E-state index < -0.39 is 70.6 Å². The number of Topliss-reactive ketones (excluding diaryl/α,β-unsaturated/α-hetero) is 2. The molecule has 2 unspecified atom stereocenters. The first-order valence-electron chi connectivity index (χ1n) is 13.4. The summed E-state index contributed by atoms with van der Waals surface area (Å²) in [4.78, 5) is 55.3. The summed E-state index contributed by atoms with van der Waals surface area (Å²) in [6, 6.07) is 0.556. The highest BCUT2D eigenvalue weighted by Crippen LogP contribution is 2.54. The number of rotatable bonds is 6. The van der Waals surface area contributed by atoms with Crippen LogP contribution in [0.2, 0.25) is 0 Å². The Morgan fingerprint density at radius 3 is 2.37 bits per heavy atom. The lowest BCUT2D eigenvalue weighted by molar-refractivity contribution is -0.178. The third-order valence-electron chi connectivity index (χ3n) is 8.34. The van der Waals surface area contributed by atoms with Gasteiger partial charge in [0.1, 0.15) is 11.7 Å². The molecule has 1 aromatic carbocycles. The lowest BCUT2D eigenvalue weighted by Gasteiger charge is -2.53. The van der Waals surface area contributed by atoms with Gasteiger partial charge >= 0.3 is 6.09 Å². The molecule has 0 heterocycles. The third-order valence-corrected chi connectivity index (χ3v) is 8.34. The van der Waals surface area contributed by atoms with Gasteiger partial charge in [-0.15, -0.1) is 0 Å². The van der Waals surface area contributed by atoms with Crippen molar-refractivity contribution in [3.63, 3.8) is 0 Å². The van der Waals surface area contributed by atoms with Crippen LogP contribution in [0.25, 0.3) is 0 Å². The second-order valence-corrected chi connectivity index (χ2v) is 11.9. The molecular weight excluding hydrogens is 536 g/mol. The van der Waals surface area contributed by atoms with E-state index in [0.717, 1.165) is 0 Å². The number of aromatic hydroxyl groups is 1. The summed E-state index contributed by atoms with van der Waals surface area (Å²) in [5.74, 6) is -8.21. The highest BCUT2D eigenvalue weighted by molar-refractivity contribution is 6.17. The number of hydrogen-bond donors (Lipinski definition) is 6. The van der Waals surface area contributed by atoms with Crippen LogP contribution in [0.15, 0.2) is 17.4 Å². The Morgan fingerprint density at radius 2 is 1.83 bits per heavy atom. The van der Waals surface area contributed by atoms with Crippen LogP contribution in [0.3, 0.4) is 0 Å². The quantitative estimate of drug-likeness (QED) is 0.205. The van der Waals surface area contributed by atoms with Gasteiger partial charge in [0.05, 0.1) is 24.0 Å². The van der Waals surface area contributed by atoms with Crippen LogP contribution in [0.1, 0.15) is 36.2 Å². The summed E-state index contributed by atoms with van der Waals surface area (Å²) < 4.78 is 5.15. The number of amides is 2. The van der Waals surface area contributed by atoms with Gasteiger partial charge in [-0.3, -0.25) is 19.7 Å². The summed E-state index contributed by atoms with van der Waals surface area (Å²) in [5, 5.41) is 47.9. The molecule has 0 radical (unpaired) electrons. The summed E-state index contributed by atoms with van der Waals surface area (Å²) in [7, 11) is 6.65. The van der Waals surface area contributed by atoms with Crippen LogP contribution in [0.5, 0.6) is 5.75 Å². The van der Waals surface area contributed by atoms with Crippen molar-refractivity contribution in [3.05, 3.63) is 28.5 Å². The molecule has 3 aliphatic rings. The molecule has 0 spiro atoms. The number of fused-ring (bicyclic) bond motifs is 3. The Hall–Kier alpha value is -3.68. The third kappa shape index (κ3) is 4.71. The van der Waals surface area contributed by atoms with Gasteiger partial charge in [0.25, 0.3) is 0 Å². The number of likely N-dealkylation sites (N-methyl/N-ethyl adjacent to an activating group) is 1. The van der Waals surface area contributed by atoms with Gasteiger partial charge in [-0.2, -0.15) is 0 Å². The van der Waals surface area contributed by atoms with Crippen LogP contribution in [-0.2, 0) is 20.7 Å². The minimum atomic E-state index is -2.68. The highest BCUT2D eigenvalue weighted by atomic mass is 16.5. The number of ketones is 2. The van der Waals surface area contributed by atoms with Crippen molar-refractivity contribution in [1.29, 1.82) is 0 Å². The van der Waals surface area contributed by atoms with E-state index in [4.69, 9.17) is 10.5 Å². The Labute approximate surface area is 237 Å². The zero-order valence-electron chi connectivity index (χ0n) is 24.0. The lowest BCUT2D eigenvalue weighted by atomic mass is 9.56. The number of primary amides is 1. The maximum Gasteiger partial charge on any atom is 0.411 e. The minimum absolute atomic E-state index is 0.00730. The van der Waals surface area contributed by atoms with Gasteiger partial charge < -0.3 is 40.7 Å². The second kappa shape index (κ2) is 10.6. The highest BCUT2D eigenvalue weighted by Gasteiger charge is 2.66. The smallest absolute Gasteiger partial charge is 0.411 e. The van der Waals surface area contributed by atoms with Crippen molar-refractivity contribution in [2.45, 2.75) is 44.4 Å². The molecule has 1 saturated carbocycles. The molecule has 224 valence electrons. The van der Waals surface area contributed by atoms with Crippen molar-refractivity contribution in [2.75, 3.05) is 45.0 Å². The summed E-state index contributed by atoms with van der Waals surface area (Å²) in [6.07, 6.45) is -2.25. The molecule has 1 aromatic rings. The molecule has 3 aliphatic carbocycles.